The molecule has 7 heterocycles. The van der Waals surface area contributed by atoms with Crippen LogP contribution in [0.15, 0.2) is 59.6 Å². The molecule has 1 amide bonds. The van der Waals surface area contributed by atoms with Gasteiger partial charge in [0, 0.05) is 65.9 Å². The largest absolute Gasteiger partial charge is 0.492 e. The van der Waals surface area contributed by atoms with Gasteiger partial charge in [-0.3, -0.25) is 24.2 Å². The van der Waals surface area contributed by atoms with Crippen LogP contribution in [0.4, 0.5) is 0 Å². The van der Waals surface area contributed by atoms with E-state index >= 15 is 0 Å². The van der Waals surface area contributed by atoms with E-state index in [1.165, 1.54) is 16.9 Å². The second kappa shape index (κ2) is 18.0. The average Bonchev–Trinajstić information content (AvgIpc) is 3.92. The number of piperazine rings is 1. The van der Waals surface area contributed by atoms with Gasteiger partial charge in [-0.15, -0.1) is 21.5 Å². The molecule has 2 aromatic carbocycles. The van der Waals surface area contributed by atoms with E-state index in [1.807, 2.05) is 66.4 Å². The fraction of sp³-hybridized carbons (Fsp3) is 0.447. The van der Waals surface area contributed by atoms with Crippen molar-refractivity contribution in [2.75, 3.05) is 59.0 Å². The van der Waals surface area contributed by atoms with Crippen LogP contribution in [0.5, 0.6) is 11.8 Å². The summed E-state index contributed by atoms with van der Waals surface area (Å²) < 4.78 is 14.2. The molecule has 63 heavy (non-hydrogen) atoms. The number of aliphatic imine (C=N–C) groups is 1. The number of H-pyrrole nitrogens is 1. The Kier molecular flexibility index (Phi) is 12.0. The van der Waals surface area contributed by atoms with Crippen LogP contribution in [0.3, 0.4) is 0 Å². The number of thiophene rings is 1. The molecule has 2 saturated heterocycles. The zero-order chi connectivity index (χ0) is 43.2. The molecule has 6 aromatic rings. The Morgan fingerprint density at radius 2 is 1.62 bits per heavy atom. The number of likely N-dealkylation sites (tertiary alicyclic amines) is 1. The van der Waals surface area contributed by atoms with Gasteiger partial charge in [0.05, 0.1) is 28.4 Å². The summed E-state index contributed by atoms with van der Waals surface area (Å²) in [6.45, 7) is 14.2. The highest BCUT2D eigenvalue weighted by Crippen LogP contribution is 2.40. The molecule has 1 atom stereocenters. The maximum atomic E-state index is 14.0. The van der Waals surface area contributed by atoms with Gasteiger partial charge in [0.1, 0.15) is 35.3 Å². The lowest BCUT2D eigenvalue weighted by Gasteiger charge is -2.39. The minimum absolute atomic E-state index is 0.104. The lowest BCUT2D eigenvalue weighted by molar-refractivity contribution is -0.133. The summed E-state index contributed by atoms with van der Waals surface area (Å²) in [5.41, 5.74) is 7.04. The maximum absolute atomic E-state index is 14.0. The number of fused-ring (bicyclic) bond motifs is 4. The van der Waals surface area contributed by atoms with Crippen molar-refractivity contribution in [2.45, 2.75) is 71.4 Å². The van der Waals surface area contributed by atoms with Gasteiger partial charge in [-0.2, -0.15) is 4.98 Å². The van der Waals surface area contributed by atoms with Crippen LogP contribution in [0.2, 0.25) is 10.0 Å². The molecule has 1 aliphatic carbocycles. The lowest BCUT2D eigenvalue weighted by atomic mass is 9.96. The number of ether oxygens (including phenoxy) is 2. The Morgan fingerprint density at radius 3 is 2.35 bits per heavy atom. The van der Waals surface area contributed by atoms with E-state index in [1.54, 1.807) is 11.3 Å². The van der Waals surface area contributed by atoms with E-state index in [4.69, 9.17) is 42.7 Å². The first-order valence-corrected chi connectivity index (χ1v) is 23.8. The second-order valence-corrected chi connectivity index (χ2v) is 19.4. The summed E-state index contributed by atoms with van der Waals surface area (Å²) in [7, 11) is 0. The highest BCUT2D eigenvalue weighted by Gasteiger charge is 2.34. The zero-order valence-corrected chi connectivity index (χ0v) is 38.3. The molecule has 0 radical (unpaired) electrons. The third-order valence-electron chi connectivity index (χ3n) is 13.2. The predicted molar refractivity (Wildman–Crippen MR) is 248 cm³/mol. The van der Waals surface area contributed by atoms with E-state index in [2.05, 4.69) is 48.4 Å². The highest BCUT2D eigenvalue weighted by molar-refractivity contribution is 7.15. The van der Waals surface area contributed by atoms with Crippen LogP contribution in [-0.4, -0.2) is 121 Å². The van der Waals surface area contributed by atoms with Crippen LogP contribution < -0.4 is 9.47 Å². The summed E-state index contributed by atoms with van der Waals surface area (Å²) in [5, 5.41) is 11.4. The maximum Gasteiger partial charge on any atom is 0.296 e. The Bertz CT molecular complexity index is 2640. The minimum Gasteiger partial charge on any atom is -0.492 e. The molecule has 10 rings (SSSR count). The Labute approximate surface area is 381 Å². The van der Waals surface area contributed by atoms with Crippen molar-refractivity contribution in [2.24, 2.45) is 10.9 Å². The van der Waals surface area contributed by atoms with Gasteiger partial charge in [0.15, 0.2) is 11.5 Å². The normalized spacial score (nSPS) is 18.8. The number of hydrogen-bond donors (Lipinski definition) is 1. The lowest BCUT2D eigenvalue weighted by Crippen LogP contribution is -2.50. The number of amides is 1. The smallest absolute Gasteiger partial charge is 0.296 e. The number of aryl methyl sites for hydroxylation is 2. The van der Waals surface area contributed by atoms with Gasteiger partial charge in [0.2, 0.25) is 5.91 Å². The predicted octanol–water partition coefficient (Wildman–Crippen LogP) is 8.65. The molecule has 4 aliphatic rings. The Morgan fingerprint density at radius 1 is 0.873 bits per heavy atom. The number of hydrogen-bond acceptors (Lipinski definition) is 11. The third kappa shape index (κ3) is 8.85. The van der Waals surface area contributed by atoms with E-state index in [0.29, 0.717) is 58.8 Å². The van der Waals surface area contributed by atoms with E-state index in [0.717, 1.165) is 109 Å². The van der Waals surface area contributed by atoms with Crippen molar-refractivity contribution in [3.05, 3.63) is 97.9 Å². The standard InChI is InChI=1S/C47H52Cl2N10O3S/c1-28-29(2)63-46-41(28)43(33-7-11-34(48)12-8-33)50-39(45-55-54-30(3)59(45)46)26-40(60)58-21-19-57(20-22-58)27-31-15-17-56(18-16-31)23-24-61-35-13-9-32(10-14-35)42-37(49)25-38-44(52-42)53-47(51-38)62-36-5-4-6-36/h7-14,25,31,36,39H,4-6,15-24,26-27H2,1-3H3,(H,51,52,53)/t39-/m0/s1. The van der Waals surface area contributed by atoms with E-state index < -0.39 is 6.04 Å². The molecule has 1 saturated carbocycles. The summed E-state index contributed by atoms with van der Waals surface area (Å²) in [5.74, 6) is 3.08. The molecule has 3 aliphatic heterocycles. The van der Waals surface area contributed by atoms with Gasteiger partial charge in [-0.25, -0.2) is 4.98 Å². The van der Waals surface area contributed by atoms with Crippen LogP contribution >= 0.6 is 34.5 Å². The molecular formula is C47H52Cl2N10O3S. The Hall–Kier alpha value is -4.86. The van der Waals surface area contributed by atoms with Crippen molar-refractivity contribution < 1.29 is 14.3 Å². The van der Waals surface area contributed by atoms with Gasteiger partial charge >= 0.3 is 0 Å². The number of carbonyl (C=O) groups is 1. The van der Waals surface area contributed by atoms with Gasteiger partial charge in [-0.05, 0) is 120 Å². The molecule has 4 aromatic heterocycles. The van der Waals surface area contributed by atoms with Crippen LogP contribution in [-0.2, 0) is 4.79 Å². The number of nitrogens with one attached hydrogen (secondary N) is 1. The number of imidazole rings is 1. The molecule has 13 nitrogen and oxygen atoms in total. The molecule has 3 fully saturated rings. The first kappa shape index (κ1) is 42.1. The van der Waals surface area contributed by atoms with Crippen molar-refractivity contribution >= 4 is 57.3 Å². The molecule has 1 N–H and O–H groups in total. The number of carbonyl (C=O) groups excluding carboxylic acids is 1. The quantitative estimate of drug-likeness (QED) is 0.128. The first-order chi connectivity index (χ1) is 30.6. The molecule has 16 heteroatoms. The number of nitrogens with zero attached hydrogens (tertiary/aromatic N) is 9. The van der Waals surface area contributed by atoms with Crippen molar-refractivity contribution in [3.8, 4) is 28.0 Å². The Balaban J connectivity index is 0.685. The van der Waals surface area contributed by atoms with Crippen LogP contribution in [0.25, 0.3) is 27.4 Å². The molecular weight excluding hydrogens is 856 g/mol. The number of halogens is 2. The van der Waals surface area contributed by atoms with Crippen LogP contribution in [0.1, 0.15) is 77.8 Å². The number of pyridine rings is 1. The van der Waals surface area contributed by atoms with E-state index in [-0.39, 0.29) is 18.4 Å². The number of rotatable bonds is 12. The molecule has 328 valence electrons. The molecule has 0 spiro atoms. The van der Waals surface area contributed by atoms with Gasteiger partial charge in [-0.1, -0.05) is 35.3 Å². The number of aromatic amines is 1. The topological polar surface area (TPSA) is 130 Å². The average molecular weight is 908 g/mol. The fourth-order valence-electron chi connectivity index (χ4n) is 9.17. The third-order valence-corrected chi connectivity index (χ3v) is 14.9. The number of piperidine rings is 1. The van der Waals surface area contributed by atoms with Crippen molar-refractivity contribution in [3.63, 3.8) is 0 Å². The summed E-state index contributed by atoms with van der Waals surface area (Å²) >= 11 is 14.7. The summed E-state index contributed by atoms with van der Waals surface area (Å²) in [4.78, 5) is 40.1. The minimum atomic E-state index is -0.463. The summed E-state index contributed by atoms with van der Waals surface area (Å²) in [6.07, 6.45) is 6.12. The second-order valence-electron chi connectivity index (χ2n) is 17.4. The SMILES string of the molecule is Cc1sc2c(c1C)C(c1ccc(Cl)cc1)=N[C@@H](CC(=O)N1CCN(CC3CCN(CCOc4ccc(-c5nc6nc(OC7CCC7)[nH]c6cc5Cl)cc4)CC3)CC1)c1nnc(C)n1-2. The first-order valence-electron chi connectivity index (χ1n) is 22.2. The summed E-state index contributed by atoms with van der Waals surface area (Å²) in [6, 6.07) is 17.7. The van der Waals surface area contributed by atoms with E-state index in [9.17, 15) is 4.79 Å². The van der Waals surface area contributed by atoms with Crippen molar-refractivity contribution in [1.29, 1.82) is 0 Å². The molecule has 0 bridgehead atoms. The zero-order valence-electron chi connectivity index (χ0n) is 35.9. The number of aromatic nitrogens is 6. The van der Waals surface area contributed by atoms with Crippen molar-refractivity contribution in [1.82, 2.24) is 44.4 Å². The molecule has 0 unspecified atom stereocenters. The van der Waals surface area contributed by atoms with Gasteiger partial charge in [0.25, 0.3) is 6.01 Å². The van der Waals surface area contributed by atoms with Gasteiger partial charge < -0.3 is 19.4 Å². The highest BCUT2D eigenvalue weighted by atomic mass is 35.5. The monoisotopic (exact) mass is 906 g/mol. The number of benzene rings is 2. The van der Waals surface area contributed by atoms with Crippen LogP contribution in [0, 0.1) is 26.7 Å². The fourth-order valence-corrected chi connectivity index (χ4v) is 10.8.